The number of esters is 1. The summed E-state index contributed by atoms with van der Waals surface area (Å²) in [5, 5.41) is 9.76. The predicted molar refractivity (Wildman–Crippen MR) is 68.5 cm³/mol. The summed E-state index contributed by atoms with van der Waals surface area (Å²) in [6.45, 7) is 4.19. The van der Waals surface area contributed by atoms with Crippen LogP contribution in [0.15, 0.2) is 18.2 Å². The summed E-state index contributed by atoms with van der Waals surface area (Å²) >= 11 is 5.76. The molecule has 0 saturated carbocycles. The molecule has 0 radical (unpaired) electrons. The fraction of sp³-hybridized carbons (Fsp3) is 0.462. The van der Waals surface area contributed by atoms with Gasteiger partial charge in [0.15, 0.2) is 6.29 Å². The van der Waals surface area contributed by atoms with Crippen LogP contribution in [0.4, 0.5) is 0 Å². The number of benzene rings is 1. The van der Waals surface area contributed by atoms with Crippen molar-refractivity contribution in [3.05, 3.63) is 34.9 Å². The molecular formula is C13H17ClO4. The van der Waals surface area contributed by atoms with Crippen LogP contribution in [0.25, 0.3) is 0 Å². The summed E-state index contributed by atoms with van der Waals surface area (Å²) < 4.78 is 10.0. The molecule has 0 aliphatic carbocycles. The average molecular weight is 273 g/mol. The SMILES string of the molecule is CCOC(=O)c1cc(CCl)cc(C(O)OCC)c1. The van der Waals surface area contributed by atoms with Crippen LogP contribution >= 0.6 is 11.6 Å². The van der Waals surface area contributed by atoms with Crippen LogP contribution in [0.5, 0.6) is 0 Å². The third-order valence-electron chi connectivity index (χ3n) is 2.29. The third kappa shape index (κ3) is 3.98. The normalized spacial score (nSPS) is 12.2. The molecule has 0 aliphatic rings. The van der Waals surface area contributed by atoms with E-state index in [9.17, 15) is 9.90 Å². The first-order chi connectivity index (χ1) is 8.62. The molecule has 0 spiro atoms. The van der Waals surface area contributed by atoms with Gasteiger partial charge in [-0.25, -0.2) is 4.79 Å². The average Bonchev–Trinajstić information content (AvgIpc) is 2.38. The zero-order valence-electron chi connectivity index (χ0n) is 10.5. The van der Waals surface area contributed by atoms with Crippen LogP contribution in [-0.2, 0) is 15.4 Å². The Balaban J connectivity index is 3.04. The summed E-state index contributed by atoms with van der Waals surface area (Å²) in [4.78, 5) is 11.7. The Labute approximate surface area is 111 Å². The quantitative estimate of drug-likeness (QED) is 0.491. The van der Waals surface area contributed by atoms with E-state index in [4.69, 9.17) is 21.1 Å². The smallest absolute Gasteiger partial charge is 0.338 e. The van der Waals surface area contributed by atoms with Crippen LogP contribution in [-0.4, -0.2) is 24.3 Å². The lowest BCUT2D eigenvalue weighted by molar-refractivity contribution is -0.0980. The van der Waals surface area contributed by atoms with E-state index in [1.54, 1.807) is 32.0 Å². The zero-order valence-corrected chi connectivity index (χ0v) is 11.2. The Hall–Kier alpha value is -1.10. The molecular weight excluding hydrogens is 256 g/mol. The molecule has 0 aromatic heterocycles. The van der Waals surface area contributed by atoms with Gasteiger partial charge in [-0.05, 0) is 37.6 Å². The van der Waals surface area contributed by atoms with Crippen molar-refractivity contribution in [1.29, 1.82) is 0 Å². The standard InChI is InChI=1S/C13H17ClO4/c1-3-17-12(15)10-5-9(8-14)6-11(7-10)13(16)18-4-2/h5-7,12,15H,3-4,8H2,1-2H3. The summed E-state index contributed by atoms with van der Waals surface area (Å²) in [5.74, 6) is -0.187. The molecule has 18 heavy (non-hydrogen) atoms. The number of aliphatic hydroxyl groups excluding tert-OH is 1. The summed E-state index contributed by atoms with van der Waals surface area (Å²) in [6.07, 6.45) is -1.06. The first-order valence-corrected chi connectivity index (χ1v) is 6.32. The summed E-state index contributed by atoms with van der Waals surface area (Å²) in [6, 6.07) is 4.90. The molecule has 0 amide bonds. The van der Waals surface area contributed by atoms with Crippen molar-refractivity contribution in [2.24, 2.45) is 0 Å². The maximum Gasteiger partial charge on any atom is 0.338 e. The molecule has 1 N–H and O–H groups in total. The van der Waals surface area contributed by atoms with Crippen molar-refractivity contribution in [2.45, 2.75) is 26.0 Å². The minimum Gasteiger partial charge on any atom is -0.462 e. The maximum absolute atomic E-state index is 11.7. The van der Waals surface area contributed by atoms with Gasteiger partial charge >= 0.3 is 5.97 Å². The lowest BCUT2D eigenvalue weighted by Gasteiger charge is -2.13. The number of alkyl halides is 1. The number of ether oxygens (including phenoxy) is 2. The molecule has 1 unspecified atom stereocenters. The van der Waals surface area contributed by atoms with Crippen molar-refractivity contribution in [3.8, 4) is 0 Å². The van der Waals surface area contributed by atoms with E-state index in [1.807, 2.05) is 0 Å². The molecule has 5 heteroatoms. The number of aliphatic hydroxyl groups is 1. The minimum atomic E-state index is -1.06. The van der Waals surface area contributed by atoms with E-state index < -0.39 is 12.3 Å². The first-order valence-electron chi connectivity index (χ1n) is 5.79. The van der Waals surface area contributed by atoms with Gasteiger partial charge in [-0.1, -0.05) is 0 Å². The molecule has 1 aromatic rings. The molecule has 4 nitrogen and oxygen atoms in total. The lowest BCUT2D eigenvalue weighted by atomic mass is 10.1. The molecule has 0 heterocycles. The highest BCUT2D eigenvalue weighted by Crippen LogP contribution is 2.20. The van der Waals surface area contributed by atoms with Crippen LogP contribution in [0.2, 0.25) is 0 Å². The Morgan fingerprint density at radius 1 is 1.33 bits per heavy atom. The second kappa shape index (κ2) is 7.36. The van der Waals surface area contributed by atoms with Crippen molar-refractivity contribution < 1.29 is 19.4 Å². The summed E-state index contributed by atoms with van der Waals surface area (Å²) in [7, 11) is 0. The topological polar surface area (TPSA) is 55.8 Å². The van der Waals surface area contributed by atoms with Crippen LogP contribution in [0.1, 0.15) is 41.6 Å². The van der Waals surface area contributed by atoms with Gasteiger partial charge in [-0.3, -0.25) is 0 Å². The zero-order chi connectivity index (χ0) is 13.5. The second-order valence-corrected chi connectivity index (χ2v) is 3.89. The Morgan fingerprint density at radius 3 is 2.61 bits per heavy atom. The fourth-order valence-electron chi connectivity index (χ4n) is 1.52. The molecule has 0 aliphatic heterocycles. The fourth-order valence-corrected chi connectivity index (χ4v) is 1.68. The van der Waals surface area contributed by atoms with Crippen LogP contribution in [0.3, 0.4) is 0 Å². The predicted octanol–water partition coefficient (Wildman–Crippen LogP) is 2.63. The monoisotopic (exact) mass is 272 g/mol. The maximum atomic E-state index is 11.7. The number of hydrogen-bond acceptors (Lipinski definition) is 4. The van der Waals surface area contributed by atoms with E-state index in [0.717, 1.165) is 5.56 Å². The number of carbonyl (C=O) groups is 1. The van der Waals surface area contributed by atoms with Gasteiger partial charge < -0.3 is 14.6 Å². The first kappa shape index (κ1) is 15.0. The molecule has 100 valence electrons. The van der Waals surface area contributed by atoms with E-state index >= 15 is 0 Å². The van der Waals surface area contributed by atoms with E-state index in [0.29, 0.717) is 24.3 Å². The van der Waals surface area contributed by atoms with Gasteiger partial charge in [0.1, 0.15) is 0 Å². The Morgan fingerprint density at radius 2 is 2.06 bits per heavy atom. The number of rotatable bonds is 6. The van der Waals surface area contributed by atoms with Gasteiger partial charge in [0.25, 0.3) is 0 Å². The largest absolute Gasteiger partial charge is 0.462 e. The number of hydrogen-bond donors (Lipinski definition) is 1. The van der Waals surface area contributed by atoms with Gasteiger partial charge in [0.05, 0.1) is 12.2 Å². The molecule has 0 fully saturated rings. The highest BCUT2D eigenvalue weighted by atomic mass is 35.5. The minimum absolute atomic E-state index is 0.249. The highest BCUT2D eigenvalue weighted by Gasteiger charge is 2.14. The molecule has 0 saturated heterocycles. The van der Waals surface area contributed by atoms with E-state index in [-0.39, 0.29) is 5.88 Å². The molecule has 1 aromatic carbocycles. The van der Waals surface area contributed by atoms with Crippen molar-refractivity contribution in [2.75, 3.05) is 13.2 Å². The van der Waals surface area contributed by atoms with Gasteiger partial charge in [-0.2, -0.15) is 0 Å². The Bertz CT molecular complexity index is 406. The Kier molecular flexibility index (Phi) is 6.12. The van der Waals surface area contributed by atoms with Gasteiger partial charge in [-0.15, -0.1) is 11.6 Å². The summed E-state index contributed by atoms with van der Waals surface area (Å²) in [5.41, 5.74) is 1.60. The van der Waals surface area contributed by atoms with Crippen LogP contribution < -0.4 is 0 Å². The number of halogens is 1. The van der Waals surface area contributed by atoms with Gasteiger partial charge in [0, 0.05) is 18.1 Å². The molecule has 1 atom stereocenters. The van der Waals surface area contributed by atoms with E-state index in [2.05, 4.69) is 0 Å². The number of carbonyl (C=O) groups excluding carboxylic acids is 1. The second-order valence-electron chi connectivity index (χ2n) is 3.63. The highest BCUT2D eigenvalue weighted by molar-refractivity contribution is 6.17. The van der Waals surface area contributed by atoms with E-state index in [1.165, 1.54) is 0 Å². The van der Waals surface area contributed by atoms with Crippen molar-refractivity contribution in [1.82, 2.24) is 0 Å². The molecule has 0 bridgehead atoms. The third-order valence-corrected chi connectivity index (χ3v) is 2.60. The lowest BCUT2D eigenvalue weighted by Crippen LogP contribution is -2.09. The van der Waals surface area contributed by atoms with Crippen molar-refractivity contribution in [3.63, 3.8) is 0 Å². The van der Waals surface area contributed by atoms with Gasteiger partial charge in [0.2, 0.25) is 0 Å². The van der Waals surface area contributed by atoms with Crippen molar-refractivity contribution >= 4 is 17.6 Å². The van der Waals surface area contributed by atoms with Crippen LogP contribution in [0, 0.1) is 0 Å². The molecule has 1 rings (SSSR count).